The van der Waals surface area contributed by atoms with Crippen LogP contribution in [-0.2, 0) is 16.6 Å². The molecule has 3 aromatic rings. The van der Waals surface area contributed by atoms with Crippen molar-refractivity contribution in [3.05, 3.63) is 93.5 Å². The van der Waals surface area contributed by atoms with Gasteiger partial charge in [0.05, 0.1) is 5.02 Å². The van der Waals surface area contributed by atoms with Crippen LogP contribution in [0.5, 0.6) is 0 Å². The van der Waals surface area contributed by atoms with Crippen LogP contribution in [0.2, 0.25) is 5.02 Å². The van der Waals surface area contributed by atoms with Crippen molar-refractivity contribution in [3.8, 4) is 0 Å². The minimum absolute atomic E-state index is 0.0433. The van der Waals surface area contributed by atoms with E-state index in [1.807, 2.05) is 51.1 Å². The Bertz CT molecular complexity index is 1210. The molecule has 5 nitrogen and oxygen atoms in total. The van der Waals surface area contributed by atoms with Gasteiger partial charge in [0.25, 0.3) is 15.9 Å². The van der Waals surface area contributed by atoms with E-state index in [-0.39, 0.29) is 21.4 Å². The van der Waals surface area contributed by atoms with E-state index < -0.39 is 10.0 Å². The van der Waals surface area contributed by atoms with Gasteiger partial charge in [-0.2, -0.15) is 0 Å². The van der Waals surface area contributed by atoms with Crippen molar-refractivity contribution in [1.82, 2.24) is 5.32 Å². The van der Waals surface area contributed by atoms with E-state index in [0.29, 0.717) is 12.2 Å². The van der Waals surface area contributed by atoms with Gasteiger partial charge in [0, 0.05) is 17.8 Å². The molecule has 3 rings (SSSR count). The van der Waals surface area contributed by atoms with Gasteiger partial charge >= 0.3 is 0 Å². The smallest absolute Gasteiger partial charge is 0.263 e. The Kier molecular flexibility index (Phi) is 6.48. The van der Waals surface area contributed by atoms with Gasteiger partial charge in [-0.05, 0) is 73.4 Å². The van der Waals surface area contributed by atoms with Gasteiger partial charge in [0.2, 0.25) is 0 Å². The fourth-order valence-electron chi connectivity index (χ4n) is 2.95. The van der Waals surface area contributed by atoms with Crippen LogP contribution in [0, 0.1) is 20.8 Å². The van der Waals surface area contributed by atoms with Crippen LogP contribution in [-0.4, -0.2) is 14.3 Å². The molecule has 0 radical (unpaired) electrons. The minimum Gasteiger partial charge on any atom is -0.348 e. The lowest BCUT2D eigenvalue weighted by Gasteiger charge is -2.13. The molecule has 0 bridgehead atoms. The second kappa shape index (κ2) is 8.90. The molecule has 0 spiro atoms. The maximum absolute atomic E-state index is 12.9. The molecule has 0 atom stereocenters. The summed E-state index contributed by atoms with van der Waals surface area (Å²) in [6.07, 6.45) is 0. The van der Waals surface area contributed by atoms with Crippen molar-refractivity contribution in [2.75, 3.05) is 4.72 Å². The number of anilines is 1. The summed E-state index contributed by atoms with van der Waals surface area (Å²) in [5, 5.41) is 2.86. The van der Waals surface area contributed by atoms with E-state index in [1.165, 1.54) is 18.2 Å². The number of carbonyl (C=O) groups is 1. The first-order valence-corrected chi connectivity index (χ1v) is 11.3. The maximum Gasteiger partial charge on any atom is 0.263 e. The molecule has 0 aromatic heterocycles. The molecule has 30 heavy (non-hydrogen) atoms. The molecule has 7 heteroatoms. The van der Waals surface area contributed by atoms with Gasteiger partial charge in [0.15, 0.2) is 0 Å². The van der Waals surface area contributed by atoms with Crippen molar-refractivity contribution >= 4 is 33.2 Å². The summed E-state index contributed by atoms with van der Waals surface area (Å²) in [6, 6.07) is 17.2. The van der Waals surface area contributed by atoms with Crippen molar-refractivity contribution in [3.63, 3.8) is 0 Å². The molecule has 2 N–H and O–H groups in total. The molecule has 0 aliphatic heterocycles. The van der Waals surface area contributed by atoms with E-state index in [9.17, 15) is 13.2 Å². The summed E-state index contributed by atoms with van der Waals surface area (Å²) >= 11 is 6.15. The van der Waals surface area contributed by atoms with Gasteiger partial charge in [0.1, 0.15) is 4.90 Å². The van der Waals surface area contributed by atoms with E-state index in [4.69, 9.17) is 11.6 Å². The quantitative estimate of drug-likeness (QED) is 0.564. The number of sulfonamides is 1. The summed E-state index contributed by atoms with van der Waals surface area (Å²) in [5.74, 6) is -0.377. The maximum atomic E-state index is 12.9. The number of rotatable bonds is 6. The number of hydrogen-bond acceptors (Lipinski definition) is 3. The Morgan fingerprint density at radius 1 is 0.900 bits per heavy atom. The Morgan fingerprint density at radius 2 is 1.63 bits per heavy atom. The lowest BCUT2D eigenvalue weighted by molar-refractivity contribution is 0.0950. The molecular formula is C23H23ClN2O3S. The largest absolute Gasteiger partial charge is 0.348 e. The third-order valence-corrected chi connectivity index (χ3v) is 6.81. The fourth-order valence-corrected chi connectivity index (χ4v) is 4.53. The molecule has 156 valence electrons. The Balaban J connectivity index is 1.82. The van der Waals surface area contributed by atoms with Gasteiger partial charge < -0.3 is 5.32 Å². The Morgan fingerprint density at radius 3 is 2.33 bits per heavy atom. The second-order valence-corrected chi connectivity index (χ2v) is 9.22. The van der Waals surface area contributed by atoms with Crippen molar-refractivity contribution in [2.45, 2.75) is 32.2 Å². The first-order valence-electron chi connectivity index (χ1n) is 9.40. The first kappa shape index (κ1) is 21.9. The van der Waals surface area contributed by atoms with Crippen LogP contribution < -0.4 is 10.0 Å². The summed E-state index contributed by atoms with van der Waals surface area (Å²) in [5.41, 5.74) is 4.73. The minimum atomic E-state index is -3.97. The number of hydrogen-bond donors (Lipinski definition) is 2. The molecule has 1 amide bonds. The zero-order chi connectivity index (χ0) is 21.9. The Labute approximate surface area is 182 Å². The molecule has 0 saturated heterocycles. The van der Waals surface area contributed by atoms with E-state index in [0.717, 1.165) is 22.3 Å². The molecule has 0 heterocycles. The van der Waals surface area contributed by atoms with Gasteiger partial charge in [-0.15, -0.1) is 0 Å². The number of amides is 1. The zero-order valence-corrected chi connectivity index (χ0v) is 18.6. The number of aryl methyl sites for hydroxylation is 3. The van der Waals surface area contributed by atoms with Crippen LogP contribution in [0.1, 0.15) is 32.6 Å². The SMILES string of the molecule is Cc1ccc(NS(=O)(=O)c2cc(C(=O)NCc3ccccc3C)ccc2Cl)cc1C. The molecule has 0 aliphatic carbocycles. The highest BCUT2D eigenvalue weighted by molar-refractivity contribution is 7.92. The molecule has 0 aliphatic rings. The third kappa shape index (κ3) is 5.01. The van der Waals surface area contributed by atoms with Crippen molar-refractivity contribution < 1.29 is 13.2 Å². The van der Waals surface area contributed by atoms with Crippen molar-refractivity contribution in [2.24, 2.45) is 0 Å². The Hall–Kier alpha value is -2.83. The molecule has 0 unspecified atom stereocenters. The first-order chi connectivity index (χ1) is 14.2. The van der Waals surface area contributed by atoms with Crippen LogP contribution in [0.4, 0.5) is 5.69 Å². The van der Waals surface area contributed by atoms with Gasteiger partial charge in [-0.1, -0.05) is 41.9 Å². The average Bonchev–Trinajstić information content (AvgIpc) is 2.70. The highest BCUT2D eigenvalue weighted by Crippen LogP contribution is 2.26. The number of carbonyl (C=O) groups excluding carboxylic acids is 1. The number of halogens is 1. The monoisotopic (exact) mass is 442 g/mol. The standard InChI is InChI=1S/C23H23ClN2O3S/c1-15-8-10-20(12-17(15)3)26-30(28,29)22-13-18(9-11-21(22)24)23(27)25-14-19-7-5-4-6-16(19)2/h4-13,26H,14H2,1-3H3,(H,25,27). The highest BCUT2D eigenvalue weighted by atomic mass is 35.5. The summed E-state index contributed by atoms with van der Waals surface area (Å²) in [4.78, 5) is 12.4. The molecule has 0 saturated carbocycles. The normalized spacial score (nSPS) is 11.2. The molecule has 3 aromatic carbocycles. The lowest BCUT2D eigenvalue weighted by Crippen LogP contribution is -2.24. The van der Waals surface area contributed by atoms with E-state index in [1.54, 1.807) is 12.1 Å². The zero-order valence-electron chi connectivity index (χ0n) is 17.0. The van der Waals surface area contributed by atoms with Crippen LogP contribution in [0.3, 0.4) is 0 Å². The summed E-state index contributed by atoms with van der Waals surface area (Å²) in [7, 11) is -3.97. The highest BCUT2D eigenvalue weighted by Gasteiger charge is 2.20. The van der Waals surface area contributed by atoms with Gasteiger partial charge in [-0.25, -0.2) is 8.42 Å². The van der Waals surface area contributed by atoms with E-state index in [2.05, 4.69) is 10.0 Å². The van der Waals surface area contributed by atoms with Crippen molar-refractivity contribution in [1.29, 1.82) is 0 Å². The van der Waals surface area contributed by atoms with Crippen LogP contribution in [0.25, 0.3) is 0 Å². The predicted octanol–water partition coefficient (Wildman–Crippen LogP) is 5.00. The topological polar surface area (TPSA) is 75.3 Å². The lowest BCUT2D eigenvalue weighted by atomic mass is 10.1. The molecular weight excluding hydrogens is 420 g/mol. The fraction of sp³-hybridized carbons (Fsp3) is 0.174. The van der Waals surface area contributed by atoms with Gasteiger partial charge in [-0.3, -0.25) is 9.52 Å². The van der Waals surface area contributed by atoms with Crippen LogP contribution >= 0.6 is 11.6 Å². The predicted molar refractivity (Wildman–Crippen MR) is 121 cm³/mol. The number of benzene rings is 3. The second-order valence-electron chi connectivity index (χ2n) is 7.16. The third-order valence-electron chi connectivity index (χ3n) is 4.94. The summed E-state index contributed by atoms with van der Waals surface area (Å²) < 4.78 is 28.3. The summed E-state index contributed by atoms with van der Waals surface area (Å²) in [6.45, 7) is 6.16. The number of nitrogens with one attached hydrogen (secondary N) is 2. The average molecular weight is 443 g/mol. The van der Waals surface area contributed by atoms with Crippen LogP contribution in [0.15, 0.2) is 65.6 Å². The van der Waals surface area contributed by atoms with E-state index >= 15 is 0 Å². The molecule has 0 fully saturated rings.